The smallest absolute Gasteiger partial charge is 0.196 e. The highest BCUT2D eigenvalue weighted by Crippen LogP contribution is 2.26. The Hall–Kier alpha value is -2.33. The molecule has 0 aliphatic carbocycles. The molecular weight excluding hydrogens is 410 g/mol. The van der Waals surface area contributed by atoms with Crippen LogP contribution in [-0.4, -0.2) is 49.2 Å². The summed E-state index contributed by atoms with van der Waals surface area (Å²) in [5.41, 5.74) is 0.859. The Kier molecular flexibility index (Phi) is 12.0. The fourth-order valence-electron chi connectivity index (χ4n) is 4.09. The van der Waals surface area contributed by atoms with Crippen LogP contribution in [0, 0.1) is 0 Å². The Bertz CT molecular complexity index is 817. The van der Waals surface area contributed by atoms with Gasteiger partial charge in [-0.25, -0.2) is 0 Å². The number of carbonyl (C=O) groups excluding carboxylic acids is 1. The fraction of sp³-hybridized carbons (Fsp3) is 0.552. The van der Waals surface area contributed by atoms with Crippen LogP contribution in [0.15, 0.2) is 48.5 Å². The van der Waals surface area contributed by atoms with E-state index in [1.807, 2.05) is 18.2 Å². The van der Waals surface area contributed by atoms with Crippen LogP contribution in [0.1, 0.15) is 87.1 Å². The van der Waals surface area contributed by atoms with E-state index in [0.29, 0.717) is 23.5 Å². The van der Waals surface area contributed by atoms with Crippen molar-refractivity contribution in [3.8, 4) is 11.5 Å². The maximum atomic E-state index is 12.6. The molecule has 0 aliphatic rings. The normalized spacial score (nSPS) is 11.5. The summed E-state index contributed by atoms with van der Waals surface area (Å²) < 4.78 is 6.80. The molecule has 0 unspecified atom stereocenters. The highest BCUT2D eigenvalue weighted by atomic mass is 16.5. The third-order valence-electron chi connectivity index (χ3n) is 6.33. The number of phenols is 1. The van der Waals surface area contributed by atoms with Crippen molar-refractivity contribution in [1.29, 1.82) is 0 Å². The average molecular weight is 455 g/mol. The number of ether oxygens (including phenoxy) is 1. The summed E-state index contributed by atoms with van der Waals surface area (Å²) in [6, 6.07) is 13.9. The molecule has 0 bridgehead atoms. The fourth-order valence-corrected chi connectivity index (χ4v) is 4.09. The first kappa shape index (κ1) is 26.9. The molecular formula is C29H44NO3+. The summed E-state index contributed by atoms with van der Waals surface area (Å²) in [5, 5.41) is 10.3. The van der Waals surface area contributed by atoms with E-state index in [2.05, 4.69) is 21.0 Å². The predicted molar refractivity (Wildman–Crippen MR) is 137 cm³/mol. The van der Waals surface area contributed by atoms with Crippen LogP contribution >= 0.6 is 0 Å². The van der Waals surface area contributed by atoms with Gasteiger partial charge in [0.05, 0.1) is 26.2 Å². The van der Waals surface area contributed by atoms with Crippen LogP contribution in [0.25, 0.3) is 0 Å². The van der Waals surface area contributed by atoms with Crippen molar-refractivity contribution < 1.29 is 19.1 Å². The zero-order chi connectivity index (χ0) is 23.9. The zero-order valence-corrected chi connectivity index (χ0v) is 21.0. The lowest BCUT2D eigenvalue weighted by molar-refractivity contribution is -0.890. The minimum absolute atomic E-state index is 0.0412. The lowest BCUT2D eigenvalue weighted by atomic mass is 10.0. The second-order valence-corrected chi connectivity index (χ2v) is 9.79. The topological polar surface area (TPSA) is 46.5 Å². The van der Waals surface area contributed by atoms with Crippen LogP contribution < -0.4 is 4.74 Å². The number of quaternary nitrogens is 1. The van der Waals surface area contributed by atoms with E-state index >= 15 is 0 Å². The zero-order valence-electron chi connectivity index (χ0n) is 21.0. The number of likely N-dealkylation sites (N-methyl/N-ethyl adjacent to an activating group) is 1. The van der Waals surface area contributed by atoms with Gasteiger partial charge in [-0.05, 0) is 25.0 Å². The molecule has 0 atom stereocenters. The van der Waals surface area contributed by atoms with Crippen molar-refractivity contribution >= 4 is 5.78 Å². The summed E-state index contributed by atoms with van der Waals surface area (Å²) in [6.45, 7) is 4.90. The molecule has 0 aliphatic heterocycles. The van der Waals surface area contributed by atoms with Crippen LogP contribution in [-0.2, 0) is 0 Å². The SMILES string of the molecule is CCCCCCCCCCCC[N+](C)(C)CCOc1ccc(C(=O)c2ccccc2)c(O)c1. The molecule has 4 nitrogen and oxygen atoms in total. The van der Waals surface area contributed by atoms with Gasteiger partial charge >= 0.3 is 0 Å². The average Bonchev–Trinajstić information content (AvgIpc) is 2.80. The van der Waals surface area contributed by atoms with E-state index < -0.39 is 0 Å². The standard InChI is InChI=1S/C29H43NO3/c1-4-5-6-7-8-9-10-11-12-16-21-30(2,3)22-23-33-26-19-20-27(28(31)24-26)29(32)25-17-14-13-15-18-25/h13-15,17-20,24H,4-12,16,21-23H2,1-3H3/p+1. The van der Waals surface area contributed by atoms with Gasteiger partial charge in [0, 0.05) is 11.6 Å². The van der Waals surface area contributed by atoms with Crippen molar-refractivity contribution in [3.05, 3.63) is 59.7 Å². The van der Waals surface area contributed by atoms with Gasteiger partial charge in [-0.2, -0.15) is 0 Å². The lowest BCUT2D eigenvalue weighted by Crippen LogP contribution is -2.43. The van der Waals surface area contributed by atoms with Crippen molar-refractivity contribution in [2.75, 3.05) is 33.8 Å². The van der Waals surface area contributed by atoms with Crippen LogP contribution in [0.3, 0.4) is 0 Å². The number of unbranched alkanes of at least 4 members (excludes halogenated alkanes) is 9. The Balaban J connectivity index is 1.64. The van der Waals surface area contributed by atoms with Crippen LogP contribution in [0.5, 0.6) is 11.5 Å². The van der Waals surface area contributed by atoms with Crippen molar-refractivity contribution in [3.63, 3.8) is 0 Å². The second-order valence-electron chi connectivity index (χ2n) is 9.79. The molecule has 182 valence electrons. The molecule has 0 fully saturated rings. The molecule has 0 spiro atoms. The molecule has 2 rings (SSSR count). The van der Waals surface area contributed by atoms with Gasteiger partial charge in [0.2, 0.25) is 0 Å². The van der Waals surface area contributed by atoms with Crippen molar-refractivity contribution in [2.24, 2.45) is 0 Å². The molecule has 1 N–H and O–H groups in total. The number of hydrogen-bond donors (Lipinski definition) is 1. The molecule has 0 saturated carbocycles. The number of carbonyl (C=O) groups is 1. The predicted octanol–water partition coefficient (Wildman–Crippen LogP) is 7.00. The minimum atomic E-state index is -0.186. The van der Waals surface area contributed by atoms with E-state index in [0.717, 1.165) is 17.6 Å². The minimum Gasteiger partial charge on any atom is -0.507 e. The van der Waals surface area contributed by atoms with E-state index in [-0.39, 0.29) is 11.5 Å². The van der Waals surface area contributed by atoms with E-state index in [1.54, 1.807) is 30.3 Å². The summed E-state index contributed by atoms with van der Waals surface area (Å²) in [4.78, 5) is 12.6. The number of rotatable bonds is 17. The Morgan fingerprint density at radius 1 is 0.818 bits per heavy atom. The molecule has 2 aromatic carbocycles. The Labute approximate surface area is 201 Å². The molecule has 2 aromatic rings. The largest absolute Gasteiger partial charge is 0.507 e. The van der Waals surface area contributed by atoms with Gasteiger partial charge in [-0.15, -0.1) is 0 Å². The van der Waals surface area contributed by atoms with Crippen LogP contribution in [0.4, 0.5) is 0 Å². The summed E-state index contributed by atoms with van der Waals surface area (Å²) in [6.07, 6.45) is 13.6. The maximum absolute atomic E-state index is 12.6. The van der Waals surface area contributed by atoms with E-state index in [1.165, 1.54) is 64.2 Å². The molecule has 4 heteroatoms. The molecule has 0 aromatic heterocycles. The highest BCUT2D eigenvalue weighted by Gasteiger charge is 2.16. The van der Waals surface area contributed by atoms with E-state index in [9.17, 15) is 9.90 Å². The van der Waals surface area contributed by atoms with Crippen molar-refractivity contribution in [2.45, 2.75) is 71.1 Å². The number of hydrogen-bond acceptors (Lipinski definition) is 3. The third-order valence-corrected chi connectivity index (χ3v) is 6.33. The quantitative estimate of drug-likeness (QED) is 0.159. The number of nitrogens with zero attached hydrogens (tertiary/aromatic N) is 1. The summed E-state index contributed by atoms with van der Waals surface area (Å²) in [5.74, 6) is 0.366. The first-order chi connectivity index (χ1) is 15.9. The lowest BCUT2D eigenvalue weighted by Gasteiger charge is -2.29. The number of ketones is 1. The molecule has 0 heterocycles. The number of benzene rings is 2. The Morgan fingerprint density at radius 2 is 1.42 bits per heavy atom. The van der Waals surface area contributed by atoms with Gasteiger partial charge in [-0.1, -0.05) is 88.6 Å². The van der Waals surface area contributed by atoms with E-state index in [4.69, 9.17) is 4.74 Å². The van der Waals surface area contributed by atoms with Gasteiger partial charge < -0.3 is 14.3 Å². The van der Waals surface area contributed by atoms with Crippen LogP contribution in [0.2, 0.25) is 0 Å². The summed E-state index contributed by atoms with van der Waals surface area (Å²) >= 11 is 0. The third kappa shape index (κ3) is 10.4. The molecule has 33 heavy (non-hydrogen) atoms. The van der Waals surface area contributed by atoms with Crippen molar-refractivity contribution in [1.82, 2.24) is 0 Å². The Morgan fingerprint density at radius 3 is 2.03 bits per heavy atom. The first-order valence-electron chi connectivity index (χ1n) is 12.8. The van der Waals surface area contributed by atoms with Gasteiger partial charge in [0.1, 0.15) is 24.7 Å². The first-order valence-corrected chi connectivity index (χ1v) is 12.8. The maximum Gasteiger partial charge on any atom is 0.196 e. The molecule has 0 amide bonds. The summed E-state index contributed by atoms with van der Waals surface area (Å²) in [7, 11) is 4.49. The monoisotopic (exact) mass is 454 g/mol. The van der Waals surface area contributed by atoms with Gasteiger partial charge in [-0.3, -0.25) is 4.79 Å². The number of phenolic OH excluding ortho intramolecular Hbond substituents is 1. The van der Waals surface area contributed by atoms with Gasteiger partial charge in [0.25, 0.3) is 0 Å². The molecule has 0 saturated heterocycles. The second kappa shape index (κ2) is 14.7. The number of aromatic hydroxyl groups is 1. The van der Waals surface area contributed by atoms with Gasteiger partial charge in [0.15, 0.2) is 5.78 Å². The highest BCUT2D eigenvalue weighted by molar-refractivity contribution is 6.10. The molecule has 0 radical (unpaired) electrons.